The number of fused-ring (bicyclic) bond motifs is 7. The Hall–Kier alpha value is -3.85. The molecule has 0 fully saturated rings. The average Bonchev–Trinajstić information content (AvgIpc) is 3.17. The number of furan rings is 1. The smallest absolute Gasteiger partial charge is 0.228 e. The van der Waals surface area contributed by atoms with Crippen LogP contribution in [0, 0.1) is 13.8 Å². The molecular weight excluding hydrogens is 382 g/mol. The Morgan fingerprint density at radius 1 is 0.710 bits per heavy atom. The van der Waals surface area contributed by atoms with Crippen LogP contribution in [0.5, 0.6) is 11.5 Å². The topological polar surface area (TPSA) is 26.2 Å². The van der Waals surface area contributed by atoms with Crippen LogP contribution < -0.4 is 9.30 Å². The second kappa shape index (κ2) is 5.64. The maximum atomic E-state index is 6.66. The minimum atomic E-state index is 0.859. The second-order valence-electron chi connectivity index (χ2n) is 8.51. The second-order valence-corrected chi connectivity index (χ2v) is 8.51. The lowest BCUT2D eigenvalue weighted by atomic mass is 9.88. The lowest BCUT2D eigenvalue weighted by Gasteiger charge is -2.24. The Labute approximate surface area is 179 Å². The maximum Gasteiger partial charge on any atom is 0.228 e. The first-order chi connectivity index (χ1) is 15.1. The van der Waals surface area contributed by atoms with E-state index in [1.54, 1.807) is 0 Å². The number of nitrogens with zero attached hydrogens (tertiary/aromatic N) is 1. The highest BCUT2D eigenvalue weighted by Gasteiger charge is 2.33. The van der Waals surface area contributed by atoms with Gasteiger partial charge in [-0.3, -0.25) is 0 Å². The highest BCUT2D eigenvalue weighted by molar-refractivity contribution is 6.23. The highest BCUT2D eigenvalue weighted by Crippen LogP contribution is 2.52. The maximum absolute atomic E-state index is 6.66. The molecule has 0 unspecified atom stereocenters. The lowest BCUT2D eigenvalue weighted by Crippen LogP contribution is -2.32. The van der Waals surface area contributed by atoms with Crippen LogP contribution in [0.1, 0.15) is 11.1 Å². The average molecular weight is 402 g/mol. The summed E-state index contributed by atoms with van der Waals surface area (Å²) in [6.07, 6.45) is 2.15. The van der Waals surface area contributed by atoms with Crippen LogP contribution >= 0.6 is 0 Å². The van der Waals surface area contributed by atoms with E-state index in [1.165, 1.54) is 38.5 Å². The number of hydrogen-bond donors (Lipinski definition) is 0. The third-order valence-corrected chi connectivity index (χ3v) is 6.85. The number of hydrogen-bond acceptors (Lipinski definition) is 2. The van der Waals surface area contributed by atoms with Crippen LogP contribution in [0.15, 0.2) is 71.3 Å². The Balaban J connectivity index is 1.73. The first-order valence-corrected chi connectivity index (χ1v) is 10.6. The Kier molecular flexibility index (Phi) is 3.07. The van der Waals surface area contributed by atoms with E-state index in [0.29, 0.717) is 0 Å². The van der Waals surface area contributed by atoms with Crippen LogP contribution in [0.2, 0.25) is 0 Å². The third-order valence-electron chi connectivity index (χ3n) is 6.85. The third kappa shape index (κ3) is 2.01. The number of benzene rings is 4. The van der Waals surface area contributed by atoms with Crippen LogP contribution in [0.25, 0.3) is 54.7 Å². The molecule has 2 aromatic heterocycles. The molecule has 0 atom stereocenters. The predicted molar refractivity (Wildman–Crippen MR) is 125 cm³/mol. The predicted octanol–water partition coefficient (Wildman–Crippen LogP) is 7.11. The molecule has 0 radical (unpaired) electrons. The molecular formula is C28H20NO2+. The summed E-state index contributed by atoms with van der Waals surface area (Å²) < 4.78 is 15.1. The molecule has 3 heteroatoms. The molecule has 3 heterocycles. The first-order valence-electron chi connectivity index (χ1n) is 10.6. The molecule has 0 spiro atoms. The number of pyridine rings is 1. The van der Waals surface area contributed by atoms with Gasteiger partial charge in [0, 0.05) is 33.9 Å². The van der Waals surface area contributed by atoms with Gasteiger partial charge in [-0.05, 0) is 36.2 Å². The molecule has 148 valence electrons. The van der Waals surface area contributed by atoms with Gasteiger partial charge in [0.2, 0.25) is 5.69 Å². The van der Waals surface area contributed by atoms with Crippen molar-refractivity contribution < 1.29 is 13.7 Å². The molecule has 0 N–H and O–H groups in total. The zero-order valence-corrected chi connectivity index (χ0v) is 17.6. The van der Waals surface area contributed by atoms with Gasteiger partial charge in [0.1, 0.15) is 29.7 Å². The molecule has 0 bridgehead atoms. The van der Waals surface area contributed by atoms with Crippen molar-refractivity contribution in [2.45, 2.75) is 13.8 Å². The molecule has 7 rings (SSSR count). The van der Waals surface area contributed by atoms with Crippen molar-refractivity contribution in [3.8, 4) is 22.8 Å². The number of aromatic nitrogens is 1. The molecule has 0 saturated heterocycles. The van der Waals surface area contributed by atoms with Gasteiger partial charge >= 0.3 is 0 Å². The standard InChI is InChI=1S/C28H20NO2/c1-15-17-8-4-5-9-18(17)16(2)28-24(15)27-26-20(12-13-29(27)3)25-19-10-6-7-11-21(19)30-22(25)14-23(26)31-28/h4-14H,1-3H3/q+1. The van der Waals surface area contributed by atoms with E-state index >= 15 is 0 Å². The van der Waals surface area contributed by atoms with Crippen LogP contribution in [-0.4, -0.2) is 0 Å². The molecule has 6 aromatic rings. The first kappa shape index (κ1) is 16.9. The summed E-state index contributed by atoms with van der Waals surface area (Å²) >= 11 is 0. The number of rotatable bonds is 0. The van der Waals surface area contributed by atoms with Crippen LogP contribution in [0.3, 0.4) is 0 Å². The van der Waals surface area contributed by atoms with Gasteiger partial charge in [-0.2, -0.15) is 0 Å². The summed E-state index contributed by atoms with van der Waals surface area (Å²) in [7, 11) is 2.12. The molecule has 3 nitrogen and oxygen atoms in total. The Morgan fingerprint density at radius 2 is 1.42 bits per heavy atom. The van der Waals surface area contributed by atoms with Crippen molar-refractivity contribution in [3.05, 3.63) is 78.0 Å². The summed E-state index contributed by atoms with van der Waals surface area (Å²) in [4.78, 5) is 0. The van der Waals surface area contributed by atoms with E-state index in [1.807, 2.05) is 12.1 Å². The summed E-state index contributed by atoms with van der Waals surface area (Å²) in [6.45, 7) is 4.37. The summed E-state index contributed by atoms with van der Waals surface area (Å²) in [6, 6.07) is 21.1. The molecule has 1 aliphatic rings. The number of ether oxygens (including phenoxy) is 1. The van der Waals surface area contributed by atoms with Gasteiger partial charge in [-0.25, -0.2) is 4.57 Å². The quantitative estimate of drug-likeness (QED) is 0.253. The van der Waals surface area contributed by atoms with E-state index < -0.39 is 0 Å². The minimum Gasteiger partial charge on any atom is -0.456 e. The monoisotopic (exact) mass is 402 g/mol. The van der Waals surface area contributed by atoms with Crippen molar-refractivity contribution in [1.29, 1.82) is 0 Å². The zero-order chi connectivity index (χ0) is 20.9. The van der Waals surface area contributed by atoms with Crippen LogP contribution in [0.4, 0.5) is 0 Å². The summed E-state index contributed by atoms with van der Waals surface area (Å²) in [5.74, 6) is 1.81. The van der Waals surface area contributed by atoms with Gasteiger partial charge in [-0.1, -0.05) is 42.5 Å². The van der Waals surface area contributed by atoms with Gasteiger partial charge in [-0.15, -0.1) is 0 Å². The van der Waals surface area contributed by atoms with Crippen molar-refractivity contribution in [3.63, 3.8) is 0 Å². The number of aryl methyl sites for hydroxylation is 3. The molecule has 4 aromatic carbocycles. The Morgan fingerprint density at radius 3 is 2.23 bits per heavy atom. The zero-order valence-electron chi connectivity index (χ0n) is 17.6. The fourth-order valence-electron chi connectivity index (χ4n) is 5.40. The molecule has 0 amide bonds. The van der Waals surface area contributed by atoms with Gasteiger partial charge < -0.3 is 9.15 Å². The molecule has 31 heavy (non-hydrogen) atoms. The normalized spacial score (nSPS) is 12.6. The highest BCUT2D eigenvalue weighted by atomic mass is 16.5. The van der Waals surface area contributed by atoms with E-state index in [4.69, 9.17) is 9.15 Å². The molecule has 0 saturated carbocycles. The van der Waals surface area contributed by atoms with Crippen molar-refractivity contribution >= 4 is 43.5 Å². The van der Waals surface area contributed by atoms with Gasteiger partial charge in [0.05, 0.1) is 10.9 Å². The number of para-hydroxylation sites is 1. The SMILES string of the molecule is Cc1c2c(c(C)c3ccccc13)-c1c3c(cc4oc5ccccc5c4c3cc[n+]1C)O2. The van der Waals surface area contributed by atoms with Crippen molar-refractivity contribution in [1.82, 2.24) is 0 Å². The minimum absolute atomic E-state index is 0.859. The van der Waals surface area contributed by atoms with Crippen molar-refractivity contribution in [2.75, 3.05) is 0 Å². The van der Waals surface area contributed by atoms with Crippen molar-refractivity contribution in [2.24, 2.45) is 7.05 Å². The Bertz CT molecular complexity index is 1740. The molecule has 0 aliphatic carbocycles. The summed E-state index contributed by atoms with van der Waals surface area (Å²) in [5, 5.41) is 7.12. The van der Waals surface area contributed by atoms with E-state index in [0.717, 1.165) is 38.8 Å². The van der Waals surface area contributed by atoms with E-state index in [9.17, 15) is 0 Å². The van der Waals surface area contributed by atoms with E-state index in [2.05, 4.69) is 80.2 Å². The largest absolute Gasteiger partial charge is 0.456 e. The summed E-state index contributed by atoms with van der Waals surface area (Å²) in [5.41, 5.74) is 6.57. The van der Waals surface area contributed by atoms with Gasteiger partial charge in [0.25, 0.3) is 0 Å². The van der Waals surface area contributed by atoms with E-state index in [-0.39, 0.29) is 0 Å². The van der Waals surface area contributed by atoms with Crippen LogP contribution in [-0.2, 0) is 7.05 Å². The fourth-order valence-corrected chi connectivity index (χ4v) is 5.40. The van der Waals surface area contributed by atoms with Gasteiger partial charge in [0.15, 0.2) is 6.20 Å². The lowest BCUT2D eigenvalue weighted by molar-refractivity contribution is -0.659. The fraction of sp³-hybridized carbons (Fsp3) is 0.107. The molecule has 1 aliphatic heterocycles.